The Morgan fingerprint density at radius 2 is 0.953 bits per heavy atom. The number of pyridine rings is 1. The lowest BCUT2D eigenvalue weighted by atomic mass is 10.0. The average Bonchev–Trinajstić information content (AvgIpc) is 3.02. The number of azo groups is 1. The van der Waals surface area contributed by atoms with E-state index in [-0.39, 0.29) is 17.0 Å². The number of hydrogen-bond acceptors (Lipinski definition) is 2. The second-order valence-corrected chi connectivity index (χ2v) is 12.6. The highest BCUT2D eigenvalue weighted by atomic mass is 79.9. The quantitative estimate of drug-likeness (QED) is 0.0474. The lowest BCUT2D eigenvalue weighted by molar-refractivity contribution is -0.697. The van der Waals surface area contributed by atoms with Crippen molar-refractivity contribution in [3.05, 3.63) is 60.4 Å². The van der Waals surface area contributed by atoms with Crippen LogP contribution in [0.25, 0.3) is 0 Å². The van der Waals surface area contributed by atoms with Crippen molar-refractivity contribution < 1.29 is 21.5 Å². The molecule has 0 fully saturated rings. The lowest BCUT2D eigenvalue weighted by Crippen LogP contribution is -3.00. The maximum absolute atomic E-state index is 4.58. The van der Waals surface area contributed by atoms with Crippen LogP contribution in [0.2, 0.25) is 0 Å². The van der Waals surface area contributed by atoms with Gasteiger partial charge in [-0.3, -0.25) is 0 Å². The largest absolute Gasteiger partial charge is 1.00 e. The summed E-state index contributed by atoms with van der Waals surface area (Å²) in [5, 5.41) is 9.10. The van der Waals surface area contributed by atoms with Crippen molar-refractivity contribution in [3.8, 4) is 0 Å². The molecule has 0 spiro atoms. The van der Waals surface area contributed by atoms with Gasteiger partial charge in [-0.1, -0.05) is 160 Å². The molecule has 0 aliphatic carbocycles. The van der Waals surface area contributed by atoms with Gasteiger partial charge in [0.15, 0.2) is 12.4 Å². The first-order valence-electron chi connectivity index (χ1n) is 18.3. The fourth-order valence-corrected chi connectivity index (χ4v) is 5.93. The Bertz CT molecular complexity index is 870. The molecule has 0 radical (unpaired) electrons. The molecule has 2 aromatic rings. The summed E-state index contributed by atoms with van der Waals surface area (Å²) in [7, 11) is 0. The summed E-state index contributed by atoms with van der Waals surface area (Å²) in [6.45, 7) is 4.33. The molecule has 0 saturated carbocycles. The van der Waals surface area contributed by atoms with Crippen molar-refractivity contribution in [2.75, 3.05) is 6.54 Å². The lowest BCUT2D eigenvalue weighted by Gasteiger charge is -2.05. The Morgan fingerprint density at radius 3 is 1.51 bits per heavy atom. The van der Waals surface area contributed by atoms with Crippen LogP contribution in [-0.2, 0) is 13.0 Å². The first kappa shape index (κ1) is 39.5. The van der Waals surface area contributed by atoms with Gasteiger partial charge in [-0.15, -0.1) is 0 Å². The van der Waals surface area contributed by atoms with Crippen LogP contribution >= 0.6 is 0 Å². The van der Waals surface area contributed by atoms with Gasteiger partial charge in [0, 0.05) is 18.6 Å². The molecule has 0 N–H and O–H groups in total. The molecule has 0 atom stereocenters. The van der Waals surface area contributed by atoms with E-state index in [1.165, 1.54) is 166 Å². The average molecular weight is 657 g/mol. The number of aromatic nitrogens is 1. The highest BCUT2D eigenvalue weighted by Crippen LogP contribution is 2.22. The summed E-state index contributed by atoms with van der Waals surface area (Å²) in [5.41, 5.74) is 2.46. The minimum atomic E-state index is 0. The zero-order chi connectivity index (χ0) is 29.6. The number of benzene rings is 1. The minimum Gasteiger partial charge on any atom is -1.00 e. The Labute approximate surface area is 277 Å². The molecule has 2 rings (SSSR count). The van der Waals surface area contributed by atoms with Gasteiger partial charge in [-0.25, -0.2) is 4.57 Å². The fourth-order valence-electron chi connectivity index (χ4n) is 5.93. The van der Waals surface area contributed by atoms with Crippen molar-refractivity contribution in [1.29, 1.82) is 0 Å². The highest BCUT2D eigenvalue weighted by molar-refractivity contribution is 5.45. The number of aryl methyl sites for hydroxylation is 2. The Kier molecular flexibility index (Phi) is 28.0. The number of rotatable bonds is 29. The summed E-state index contributed by atoms with van der Waals surface area (Å²) >= 11 is 0. The fraction of sp³-hybridized carbons (Fsp3) is 0.718. The van der Waals surface area contributed by atoms with E-state index in [1.807, 2.05) is 0 Å². The van der Waals surface area contributed by atoms with E-state index < -0.39 is 0 Å². The monoisotopic (exact) mass is 655 g/mol. The van der Waals surface area contributed by atoms with Crippen LogP contribution in [0.3, 0.4) is 0 Å². The Balaban J connectivity index is 0.00000924. The van der Waals surface area contributed by atoms with E-state index in [9.17, 15) is 0 Å². The zero-order valence-electron chi connectivity index (χ0n) is 28.0. The molecular weight excluding hydrogens is 590 g/mol. The maximum Gasteiger partial charge on any atom is 0.168 e. The van der Waals surface area contributed by atoms with Crippen LogP contribution in [0, 0.1) is 0 Å². The maximum atomic E-state index is 4.58. The second-order valence-electron chi connectivity index (χ2n) is 12.6. The summed E-state index contributed by atoms with van der Waals surface area (Å²) in [5.74, 6) is 0. The zero-order valence-corrected chi connectivity index (χ0v) is 29.6. The Morgan fingerprint density at radius 1 is 0.488 bits per heavy atom. The van der Waals surface area contributed by atoms with Crippen LogP contribution in [0.5, 0.6) is 0 Å². The second kappa shape index (κ2) is 30.5. The SMILES string of the molecule is CCCCCCCCc1ccccc1N=NCCCCCCCCCCCCCCCCCCCC[n+]1ccccc1.[Br-]. The molecule has 244 valence electrons. The first-order chi connectivity index (χ1) is 20.9. The number of halogens is 1. The van der Waals surface area contributed by atoms with E-state index in [4.69, 9.17) is 0 Å². The van der Waals surface area contributed by atoms with Gasteiger partial charge in [0.1, 0.15) is 6.54 Å². The van der Waals surface area contributed by atoms with Gasteiger partial charge in [0.05, 0.1) is 12.2 Å². The van der Waals surface area contributed by atoms with Gasteiger partial charge in [0.2, 0.25) is 0 Å². The summed E-state index contributed by atoms with van der Waals surface area (Å²) in [4.78, 5) is 0. The predicted molar refractivity (Wildman–Crippen MR) is 183 cm³/mol. The molecule has 0 bridgehead atoms. The van der Waals surface area contributed by atoms with Gasteiger partial charge in [-0.2, -0.15) is 10.2 Å². The third-order valence-corrected chi connectivity index (χ3v) is 8.67. The van der Waals surface area contributed by atoms with E-state index in [0.29, 0.717) is 0 Å². The number of unbranched alkanes of at least 4 members (excludes halogenated alkanes) is 22. The van der Waals surface area contributed by atoms with Gasteiger partial charge < -0.3 is 17.0 Å². The molecule has 1 aromatic carbocycles. The van der Waals surface area contributed by atoms with Crippen LogP contribution in [0.15, 0.2) is 65.1 Å². The van der Waals surface area contributed by atoms with E-state index in [0.717, 1.165) is 18.7 Å². The summed E-state index contributed by atoms with van der Waals surface area (Å²) in [6.07, 6.45) is 38.7. The molecule has 0 aliphatic heterocycles. The van der Waals surface area contributed by atoms with Crippen molar-refractivity contribution in [2.45, 2.75) is 174 Å². The number of hydrogen-bond donors (Lipinski definition) is 0. The molecule has 43 heavy (non-hydrogen) atoms. The minimum absolute atomic E-state index is 0. The predicted octanol–water partition coefficient (Wildman–Crippen LogP) is 9.69. The molecular formula is C39H66BrN3. The normalized spacial score (nSPS) is 11.3. The van der Waals surface area contributed by atoms with E-state index >= 15 is 0 Å². The van der Waals surface area contributed by atoms with Crippen LogP contribution < -0.4 is 21.5 Å². The molecule has 0 amide bonds. The molecule has 4 heteroatoms. The van der Waals surface area contributed by atoms with E-state index in [1.54, 1.807) is 0 Å². The first-order valence-corrected chi connectivity index (χ1v) is 18.3. The topological polar surface area (TPSA) is 28.6 Å². The summed E-state index contributed by atoms with van der Waals surface area (Å²) in [6, 6.07) is 14.9. The Hall–Kier alpha value is -1.55. The van der Waals surface area contributed by atoms with Gasteiger partial charge in [0.25, 0.3) is 0 Å². The summed E-state index contributed by atoms with van der Waals surface area (Å²) < 4.78 is 2.30. The molecule has 0 unspecified atom stereocenters. The molecule has 3 nitrogen and oxygen atoms in total. The van der Waals surface area contributed by atoms with E-state index in [2.05, 4.69) is 76.6 Å². The van der Waals surface area contributed by atoms with Crippen LogP contribution in [0.1, 0.15) is 167 Å². The molecule has 1 heterocycles. The number of nitrogens with zero attached hydrogens (tertiary/aromatic N) is 3. The van der Waals surface area contributed by atoms with Crippen molar-refractivity contribution in [3.63, 3.8) is 0 Å². The highest BCUT2D eigenvalue weighted by Gasteiger charge is 2.01. The smallest absolute Gasteiger partial charge is 0.168 e. The molecule has 0 saturated heterocycles. The third-order valence-electron chi connectivity index (χ3n) is 8.67. The molecule has 1 aromatic heterocycles. The third kappa shape index (κ3) is 23.5. The van der Waals surface area contributed by atoms with Gasteiger partial charge in [-0.05, 0) is 37.3 Å². The molecule has 0 aliphatic rings. The van der Waals surface area contributed by atoms with Crippen LogP contribution in [-0.4, -0.2) is 6.54 Å². The van der Waals surface area contributed by atoms with Crippen molar-refractivity contribution >= 4 is 5.69 Å². The van der Waals surface area contributed by atoms with Gasteiger partial charge >= 0.3 is 0 Å². The van der Waals surface area contributed by atoms with Crippen LogP contribution in [0.4, 0.5) is 5.69 Å². The van der Waals surface area contributed by atoms with Crippen molar-refractivity contribution in [2.24, 2.45) is 10.2 Å². The van der Waals surface area contributed by atoms with Crippen molar-refractivity contribution in [1.82, 2.24) is 0 Å². The standard InChI is InChI=1S/C39H66N3.BrH/c1-2-3-4-5-20-24-31-38-32-25-26-33-39(38)41-40-34-27-21-18-16-14-12-10-8-6-7-9-11-13-15-17-19-22-28-35-42-36-29-23-30-37-42;/h23,25-26,29-30,32-33,36-37H,2-22,24,27-28,31,34-35H2,1H3;1H/q+1;/p-1.